The van der Waals surface area contributed by atoms with E-state index in [2.05, 4.69) is 36.4 Å². The molecule has 4 nitrogen and oxygen atoms in total. The Bertz CT molecular complexity index is 455. The fourth-order valence-electron chi connectivity index (χ4n) is 2.26. The van der Waals surface area contributed by atoms with E-state index in [0.717, 1.165) is 23.8 Å². The number of hydrogen-bond donors (Lipinski definition) is 2. The van der Waals surface area contributed by atoms with Crippen LogP contribution in [0.4, 0.5) is 5.69 Å². The summed E-state index contributed by atoms with van der Waals surface area (Å²) in [5, 5.41) is 6.32. The van der Waals surface area contributed by atoms with Gasteiger partial charge in [0.25, 0.3) is 5.91 Å². The zero-order valence-corrected chi connectivity index (χ0v) is 12.6. The second-order valence-corrected chi connectivity index (χ2v) is 5.81. The molecular formula is C16H25N3O. The predicted molar refractivity (Wildman–Crippen MR) is 83.2 cm³/mol. The quantitative estimate of drug-likeness (QED) is 0.803. The predicted octanol–water partition coefficient (Wildman–Crippen LogP) is 2.33. The van der Waals surface area contributed by atoms with Gasteiger partial charge >= 0.3 is 0 Å². The van der Waals surface area contributed by atoms with Crippen molar-refractivity contribution < 1.29 is 4.79 Å². The van der Waals surface area contributed by atoms with Crippen molar-refractivity contribution in [3.05, 3.63) is 29.8 Å². The molecule has 1 aliphatic rings. The number of carbonyl (C=O) groups is 1. The number of anilines is 1. The molecule has 0 saturated heterocycles. The summed E-state index contributed by atoms with van der Waals surface area (Å²) in [7, 11) is 2.12. The summed E-state index contributed by atoms with van der Waals surface area (Å²) in [6, 6.07) is 8.71. The van der Waals surface area contributed by atoms with E-state index in [1.807, 2.05) is 24.3 Å². The number of amides is 1. The molecule has 4 heteroatoms. The Kier molecular flexibility index (Phi) is 5.01. The standard InChI is InChI=1S/C16H25N3O/c1-12(2)18-15-7-5-4-6-14(15)16(20)17-10-11-19(3)13-8-9-13/h4-7,12-13,18H,8-11H2,1-3H3,(H,17,20). The Labute approximate surface area is 121 Å². The molecule has 1 fully saturated rings. The molecule has 2 rings (SSSR count). The topological polar surface area (TPSA) is 44.4 Å². The van der Waals surface area contributed by atoms with Crippen molar-refractivity contribution in [1.82, 2.24) is 10.2 Å². The van der Waals surface area contributed by atoms with Gasteiger partial charge in [-0.15, -0.1) is 0 Å². The lowest BCUT2D eigenvalue weighted by Crippen LogP contribution is -2.34. The van der Waals surface area contributed by atoms with Gasteiger partial charge in [-0.2, -0.15) is 0 Å². The van der Waals surface area contributed by atoms with Crippen molar-refractivity contribution in [1.29, 1.82) is 0 Å². The van der Waals surface area contributed by atoms with E-state index < -0.39 is 0 Å². The number of para-hydroxylation sites is 1. The zero-order chi connectivity index (χ0) is 14.5. The number of hydrogen-bond acceptors (Lipinski definition) is 3. The van der Waals surface area contributed by atoms with Crippen molar-refractivity contribution >= 4 is 11.6 Å². The van der Waals surface area contributed by atoms with E-state index in [1.54, 1.807) is 0 Å². The van der Waals surface area contributed by atoms with Crippen molar-refractivity contribution in [2.24, 2.45) is 0 Å². The fraction of sp³-hybridized carbons (Fsp3) is 0.562. The van der Waals surface area contributed by atoms with Crippen molar-refractivity contribution in [2.45, 2.75) is 38.8 Å². The highest BCUT2D eigenvalue weighted by atomic mass is 16.1. The Morgan fingerprint density at radius 1 is 1.35 bits per heavy atom. The lowest BCUT2D eigenvalue weighted by atomic mass is 10.1. The largest absolute Gasteiger partial charge is 0.382 e. The first-order chi connectivity index (χ1) is 9.58. The van der Waals surface area contributed by atoms with Crippen LogP contribution in [0.25, 0.3) is 0 Å². The molecule has 20 heavy (non-hydrogen) atoms. The summed E-state index contributed by atoms with van der Waals surface area (Å²) < 4.78 is 0. The van der Waals surface area contributed by atoms with Gasteiger partial charge in [-0.1, -0.05) is 12.1 Å². The number of carbonyl (C=O) groups excluding carboxylic acids is 1. The molecule has 1 saturated carbocycles. The maximum absolute atomic E-state index is 12.2. The number of benzene rings is 1. The summed E-state index contributed by atoms with van der Waals surface area (Å²) in [5.41, 5.74) is 1.62. The van der Waals surface area contributed by atoms with Gasteiger partial charge in [-0.05, 0) is 45.9 Å². The molecule has 0 bridgehead atoms. The van der Waals surface area contributed by atoms with Crippen LogP contribution in [-0.2, 0) is 0 Å². The molecule has 1 amide bonds. The molecule has 2 N–H and O–H groups in total. The molecule has 1 aromatic carbocycles. The van der Waals surface area contributed by atoms with E-state index in [0.29, 0.717) is 12.6 Å². The molecule has 0 aromatic heterocycles. The van der Waals surface area contributed by atoms with E-state index in [4.69, 9.17) is 0 Å². The lowest BCUT2D eigenvalue weighted by molar-refractivity contribution is 0.0950. The van der Waals surface area contributed by atoms with Gasteiger partial charge in [-0.25, -0.2) is 0 Å². The van der Waals surface area contributed by atoms with Crippen LogP contribution in [0.5, 0.6) is 0 Å². The maximum atomic E-state index is 12.2. The summed E-state index contributed by atoms with van der Waals surface area (Å²) in [5.74, 6) is -0.00190. The van der Waals surface area contributed by atoms with Crippen molar-refractivity contribution in [3.8, 4) is 0 Å². The summed E-state index contributed by atoms with van der Waals surface area (Å²) >= 11 is 0. The number of nitrogens with zero attached hydrogens (tertiary/aromatic N) is 1. The summed E-state index contributed by atoms with van der Waals surface area (Å²) in [6.07, 6.45) is 2.59. The van der Waals surface area contributed by atoms with E-state index in [1.165, 1.54) is 12.8 Å². The highest BCUT2D eigenvalue weighted by molar-refractivity contribution is 5.99. The number of nitrogens with one attached hydrogen (secondary N) is 2. The van der Waals surface area contributed by atoms with Gasteiger partial charge in [-0.3, -0.25) is 4.79 Å². The molecular weight excluding hydrogens is 250 g/mol. The number of rotatable bonds is 7. The third kappa shape index (κ3) is 4.23. The third-order valence-electron chi connectivity index (χ3n) is 3.54. The average Bonchev–Trinajstić information content (AvgIpc) is 3.22. The SMILES string of the molecule is CC(C)Nc1ccccc1C(=O)NCCN(C)C1CC1. The molecule has 0 heterocycles. The molecule has 0 unspecified atom stereocenters. The van der Waals surface area contributed by atoms with Crippen LogP contribution in [0, 0.1) is 0 Å². The van der Waals surface area contributed by atoms with Gasteiger partial charge in [0.1, 0.15) is 0 Å². The Morgan fingerprint density at radius 2 is 2.05 bits per heavy atom. The fourth-order valence-corrected chi connectivity index (χ4v) is 2.26. The van der Waals surface area contributed by atoms with Gasteiger partial charge in [0.15, 0.2) is 0 Å². The van der Waals surface area contributed by atoms with Crippen molar-refractivity contribution in [3.63, 3.8) is 0 Å². The second kappa shape index (κ2) is 6.75. The lowest BCUT2D eigenvalue weighted by Gasteiger charge is -2.17. The minimum absolute atomic E-state index is 0.00190. The summed E-state index contributed by atoms with van der Waals surface area (Å²) in [6.45, 7) is 5.75. The Morgan fingerprint density at radius 3 is 2.70 bits per heavy atom. The third-order valence-corrected chi connectivity index (χ3v) is 3.54. The molecule has 0 radical (unpaired) electrons. The molecule has 1 aliphatic carbocycles. The van der Waals surface area contributed by atoms with Crippen LogP contribution in [0.15, 0.2) is 24.3 Å². The second-order valence-electron chi connectivity index (χ2n) is 5.81. The van der Waals surface area contributed by atoms with Crippen LogP contribution < -0.4 is 10.6 Å². The van der Waals surface area contributed by atoms with E-state index in [-0.39, 0.29) is 5.91 Å². The highest BCUT2D eigenvalue weighted by Gasteiger charge is 2.25. The van der Waals surface area contributed by atoms with Gasteiger partial charge < -0.3 is 15.5 Å². The average molecular weight is 275 g/mol. The van der Waals surface area contributed by atoms with Gasteiger partial charge in [0, 0.05) is 30.9 Å². The number of likely N-dealkylation sites (N-methyl/N-ethyl adjacent to an activating group) is 1. The maximum Gasteiger partial charge on any atom is 0.253 e. The minimum Gasteiger partial charge on any atom is -0.382 e. The van der Waals surface area contributed by atoms with Gasteiger partial charge in [0.2, 0.25) is 0 Å². The van der Waals surface area contributed by atoms with Crippen LogP contribution in [0.1, 0.15) is 37.0 Å². The Balaban J connectivity index is 1.87. The van der Waals surface area contributed by atoms with Crippen LogP contribution in [0.2, 0.25) is 0 Å². The van der Waals surface area contributed by atoms with Crippen LogP contribution in [-0.4, -0.2) is 43.0 Å². The van der Waals surface area contributed by atoms with Gasteiger partial charge in [0.05, 0.1) is 5.56 Å². The van der Waals surface area contributed by atoms with Crippen LogP contribution >= 0.6 is 0 Å². The zero-order valence-electron chi connectivity index (χ0n) is 12.6. The van der Waals surface area contributed by atoms with E-state index in [9.17, 15) is 4.79 Å². The molecule has 0 aliphatic heterocycles. The molecule has 0 spiro atoms. The minimum atomic E-state index is -0.00190. The highest BCUT2D eigenvalue weighted by Crippen LogP contribution is 2.24. The van der Waals surface area contributed by atoms with Crippen molar-refractivity contribution in [2.75, 3.05) is 25.5 Å². The smallest absolute Gasteiger partial charge is 0.253 e. The molecule has 1 aromatic rings. The summed E-state index contributed by atoms with van der Waals surface area (Å²) in [4.78, 5) is 14.6. The molecule has 110 valence electrons. The van der Waals surface area contributed by atoms with E-state index >= 15 is 0 Å². The first-order valence-electron chi connectivity index (χ1n) is 7.42. The first-order valence-corrected chi connectivity index (χ1v) is 7.42. The normalized spacial score (nSPS) is 14.7. The Hall–Kier alpha value is -1.55. The monoisotopic (exact) mass is 275 g/mol. The first kappa shape index (κ1) is 14.9. The van der Waals surface area contributed by atoms with Crippen LogP contribution in [0.3, 0.4) is 0 Å². The molecule has 0 atom stereocenters.